The predicted octanol–water partition coefficient (Wildman–Crippen LogP) is 3.00. The monoisotopic (exact) mass is 283 g/mol. The van der Waals surface area contributed by atoms with Gasteiger partial charge in [-0.15, -0.1) is 0 Å². The highest BCUT2D eigenvalue weighted by molar-refractivity contribution is 5.68. The number of carboxylic acid groups (broad SMARTS) is 1. The number of benzene rings is 1. The van der Waals surface area contributed by atoms with Crippen molar-refractivity contribution in [1.82, 2.24) is 5.16 Å². The fourth-order valence-electron chi connectivity index (χ4n) is 1.78. The number of aliphatic carboxylic acids is 1. The van der Waals surface area contributed by atoms with E-state index >= 15 is 0 Å². The van der Waals surface area contributed by atoms with Crippen LogP contribution in [0.1, 0.15) is 24.2 Å². The molecule has 7 heteroatoms. The molecule has 2 N–H and O–H groups in total. The van der Waals surface area contributed by atoms with Crippen LogP contribution in [-0.4, -0.2) is 21.3 Å². The molecular formula is C13H11F2NO4. The minimum absolute atomic E-state index is 0.00180. The first-order valence-electron chi connectivity index (χ1n) is 5.77. The van der Waals surface area contributed by atoms with Gasteiger partial charge >= 0.3 is 5.97 Å². The van der Waals surface area contributed by atoms with Gasteiger partial charge in [0.2, 0.25) is 0 Å². The molecule has 5 nitrogen and oxygen atoms in total. The maximum atomic E-state index is 13.1. The fourth-order valence-corrected chi connectivity index (χ4v) is 1.78. The van der Waals surface area contributed by atoms with Gasteiger partial charge in [-0.1, -0.05) is 5.16 Å². The van der Waals surface area contributed by atoms with Crippen LogP contribution in [0.5, 0.6) is 5.75 Å². The lowest BCUT2D eigenvalue weighted by atomic mass is 10.0. The first kappa shape index (κ1) is 14.0. The average Bonchev–Trinajstić information content (AvgIpc) is 2.81. The molecule has 0 radical (unpaired) electrons. The number of carboxylic acids is 1. The molecule has 2 rings (SSSR count). The van der Waals surface area contributed by atoms with Crippen LogP contribution in [0.15, 0.2) is 28.8 Å². The molecule has 0 saturated heterocycles. The van der Waals surface area contributed by atoms with Crippen molar-refractivity contribution in [1.29, 1.82) is 0 Å². The summed E-state index contributed by atoms with van der Waals surface area (Å²) in [7, 11) is 0. The van der Waals surface area contributed by atoms with Crippen LogP contribution in [0.4, 0.5) is 8.78 Å². The van der Waals surface area contributed by atoms with E-state index in [1.807, 2.05) is 0 Å². The van der Waals surface area contributed by atoms with E-state index in [9.17, 15) is 18.7 Å². The molecule has 106 valence electrons. The van der Waals surface area contributed by atoms with E-state index in [1.165, 1.54) is 24.3 Å². The number of hydrogen-bond acceptors (Lipinski definition) is 4. The summed E-state index contributed by atoms with van der Waals surface area (Å²) in [4.78, 5) is 10.5. The molecule has 0 bridgehead atoms. The van der Waals surface area contributed by atoms with Crippen LogP contribution in [0, 0.1) is 0 Å². The van der Waals surface area contributed by atoms with E-state index in [0.29, 0.717) is 5.56 Å². The number of hydrogen-bond donors (Lipinski definition) is 2. The van der Waals surface area contributed by atoms with Crippen LogP contribution in [-0.2, 0) is 11.2 Å². The lowest BCUT2D eigenvalue weighted by Gasteiger charge is -2.02. The number of rotatable bonds is 5. The molecule has 1 aromatic heterocycles. The van der Waals surface area contributed by atoms with E-state index in [0.717, 1.165) is 0 Å². The highest BCUT2D eigenvalue weighted by Crippen LogP contribution is 2.34. The van der Waals surface area contributed by atoms with Crippen molar-refractivity contribution in [3.05, 3.63) is 35.6 Å². The van der Waals surface area contributed by atoms with E-state index in [2.05, 4.69) is 5.16 Å². The van der Waals surface area contributed by atoms with Crippen LogP contribution in [0.2, 0.25) is 0 Å². The number of phenolic OH excluding ortho intramolecular Hbond substituents is 1. The van der Waals surface area contributed by atoms with E-state index in [-0.39, 0.29) is 30.0 Å². The van der Waals surface area contributed by atoms with Gasteiger partial charge in [0.05, 0.1) is 12.0 Å². The number of aromatic hydroxyl groups is 1. The third kappa shape index (κ3) is 2.93. The summed E-state index contributed by atoms with van der Waals surface area (Å²) < 4.78 is 31.1. The first-order valence-corrected chi connectivity index (χ1v) is 5.77. The molecule has 0 spiro atoms. The van der Waals surface area contributed by atoms with Crippen LogP contribution >= 0.6 is 0 Å². The summed E-state index contributed by atoms with van der Waals surface area (Å²) in [6, 6.07) is 5.55. The summed E-state index contributed by atoms with van der Waals surface area (Å²) in [5.74, 6) is -1.24. The quantitative estimate of drug-likeness (QED) is 0.881. The molecule has 0 aliphatic rings. The summed E-state index contributed by atoms with van der Waals surface area (Å²) in [6.45, 7) is 0. The maximum absolute atomic E-state index is 13.1. The Hall–Kier alpha value is -2.44. The highest BCUT2D eigenvalue weighted by Gasteiger charge is 2.25. The number of aryl methyl sites for hydroxylation is 1. The minimum Gasteiger partial charge on any atom is -0.508 e. The second-order valence-electron chi connectivity index (χ2n) is 4.11. The third-order valence-electron chi connectivity index (χ3n) is 2.73. The summed E-state index contributed by atoms with van der Waals surface area (Å²) >= 11 is 0. The Labute approximate surface area is 112 Å². The van der Waals surface area contributed by atoms with Crippen molar-refractivity contribution in [2.45, 2.75) is 19.3 Å². The Bertz CT molecular complexity index is 607. The lowest BCUT2D eigenvalue weighted by Crippen LogP contribution is -1.99. The van der Waals surface area contributed by atoms with Gasteiger partial charge in [0.15, 0.2) is 0 Å². The van der Waals surface area contributed by atoms with Gasteiger partial charge in [-0.2, -0.15) is 0 Å². The normalized spacial score (nSPS) is 10.9. The summed E-state index contributed by atoms with van der Waals surface area (Å²) in [6.07, 6.45) is -3.29. The molecule has 0 aliphatic carbocycles. The van der Waals surface area contributed by atoms with Gasteiger partial charge in [0.25, 0.3) is 6.43 Å². The average molecular weight is 283 g/mol. The zero-order valence-corrected chi connectivity index (χ0v) is 10.2. The summed E-state index contributed by atoms with van der Waals surface area (Å²) in [5.41, 5.74) is -0.0826. The Kier molecular flexibility index (Phi) is 3.97. The molecule has 0 fully saturated rings. The van der Waals surface area contributed by atoms with Gasteiger partial charge in [-0.05, 0) is 24.3 Å². The molecule has 1 heterocycles. The standard InChI is InChI=1S/C13H11F2NO4/c14-13(15)11-9(5-6-10(18)19)20-16-12(11)7-1-3-8(17)4-2-7/h1-4,13,17H,5-6H2,(H,18,19). The first-order chi connectivity index (χ1) is 9.49. The number of nitrogens with zero attached hydrogens (tertiary/aromatic N) is 1. The third-order valence-corrected chi connectivity index (χ3v) is 2.73. The fraction of sp³-hybridized carbons (Fsp3) is 0.231. The molecule has 0 atom stereocenters. The smallest absolute Gasteiger partial charge is 0.303 e. The molecule has 0 amide bonds. The SMILES string of the molecule is O=C(O)CCc1onc(-c2ccc(O)cc2)c1C(F)F. The van der Waals surface area contributed by atoms with E-state index in [1.54, 1.807) is 0 Å². The Morgan fingerprint density at radius 2 is 1.95 bits per heavy atom. The predicted molar refractivity (Wildman–Crippen MR) is 64.5 cm³/mol. The number of aromatic nitrogens is 1. The Morgan fingerprint density at radius 3 is 2.50 bits per heavy atom. The van der Waals surface area contributed by atoms with Crippen LogP contribution < -0.4 is 0 Å². The van der Waals surface area contributed by atoms with E-state index < -0.39 is 18.0 Å². The van der Waals surface area contributed by atoms with Gasteiger partial charge < -0.3 is 14.7 Å². The van der Waals surface area contributed by atoms with E-state index in [4.69, 9.17) is 9.63 Å². The molecular weight excluding hydrogens is 272 g/mol. The van der Waals surface area contributed by atoms with Gasteiger partial charge in [0.1, 0.15) is 17.2 Å². The molecule has 0 aliphatic heterocycles. The number of halogens is 2. The number of alkyl halides is 2. The largest absolute Gasteiger partial charge is 0.508 e. The lowest BCUT2D eigenvalue weighted by molar-refractivity contribution is -0.137. The van der Waals surface area contributed by atoms with Crippen LogP contribution in [0.25, 0.3) is 11.3 Å². The second-order valence-corrected chi connectivity index (χ2v) is 4.11. The summed E-state index contributed by atoms with van der Waals surface area (Å²) in [5, 5.41) is 21.3. The minimum atomic E-state index is -2.83. The van der Waals surface area contributed by atoms with Gasteiger partial charge in [0, 0.05) is 12.0 Å². The topological polar surface area (TPSA) is 83.6 Å². The molecule has 20 heavy (non-hydrogen) atoms. The highest BCUT2D eigenvalue weighted by atomic mass is 19.3. The molecule has 0 unspecified atom stereocenters. The van der Waals surface area contributed by atoms with Gasteiger partial charge in [-0.3, -0.25) is 4.79 Å². The second kappa shape index (κ2) is 5.68. The molecule has 0 saturated carbocycles. The number of phenols is 1. The zero-order chi connectivity index (χ0) is 14.7. The van der Waals surface area contributed by atoms with Crippen molar-refractivity contribution in [2.75, 3.05) is 0 Å². The van der Waals surface area contributed by atoms with Gasteiger partial charge in [-0.25, -0.2) is 8.78 Å². The molecule has 1 aromatic carbocycles. The Balaban J connectivity index is 2.38. The zero-order valence-electron chi connectivity index (χ0n) is 10.2. The van der Waals surface area contributed by atoms with Crippen molar-refractivity contribution in [2.24, 2.45) is 0 Å². The maximum Gasteiger partial charge on any atom is 0.303 e. The number of carbonyl (C=O) groups is 1. The Morgan fingerprint density at radius 1 is 1.30 bits per heavy atom. The van der Waals surface area contributed by atoms with Crippen molar-refractivity contribution >= 4 is 5.97 Å². The van der Waals surface area contributed by atoms with Crippen molar-refractivity contribution in [3.63, 3.8) is 0 Å². The molecule has 2 aromatic rings. The van der Waals surface area contributed by atoms with Crippen LogP contribution in [0.3, 0.4) is 0 Å². The van der Waals surface area contributed by atoms with Crippen molar-refractivity contribution < 1.29 is 28.3 Å². The van der Waals surface area contributed by atoms with Crippen molar-refractivity contribution in [3.8, 4) is 17.0 Å².